The molecule has 1 saturated heterocycles. The fourth-order valence-corrected chi connectivity index (χ4v) is 5.59. The summed E-state index contributed by atoms with van der Waals surface area (Å²) in [6, 6.07) is 11.9. The van der Waals surface area contributed by atoms with Gasteiger partial charge in [-0.05, 0) is 42.7 Å². The van der Waals surface area contributed by atoms with Gasteiger partial charge in [0, 0.05) is 32.2 Å². The highest BCUT2D eigenvalue weighted by molar-refractivity contribution is 7.89. The van der Waals surface area contributed by atoms with E-state index in [-0.39, 0.29) is 40.8 Å². The van der Waals surface area contributed by atoms with Crippen LogP contribution in [-0.2, 0) is 14.8 Å². The zero-order valence-electron chi connectivity index (χ0n) is 16.3. The monoisotopic (exact) mass is 451 g/mol. The molecular formula is C21H23ClFN3O3S. The molecule has 4 rings (SSSR count). The largest absolute Gasteiger partial charge is 0.352 e. The lowest BCUT2D eigenvalue weighted by atomic mass is 10.0. The zero-order valence-corrected chi connectivity index (χ0v) is 17.9. The van der Waals surface area contributed by atoms with Crippen molar-refractivity contribution in [1.82, 2.24) is 14.5 Å². The van der Waals surface area contributed by atoms with Crippen molar-refractivity contribution >= 4 is 27.5 Å². The third-order valence-corrected chi connectivity index (χ3v) is 7.85. The van der Waals surface area contributed by atoms with Crippen LogP contribution < -0.4 is 5.32 Å². The number of nitrogens with one attached hydrogen (secondary N) is 1. The number of halogens is 2. The Balaban J connectivity index is 1.51. The van der Waals surface area contributed by atoms with Gasteiger partial charge in [0.15, 0.2) is 0 Å². The molecule has 2 aliphatic rings. The third kappa shape index (κ3) is 4.51. The molecule has 0 aromatic heterocycles. The van der Waals surface area contributed by atoms with Gasteiger partial charge in [0.25, 0.3) is 0 Å². The van der Waals surface area contributed by atoms with Crippen LogP contribution in [0.3, 0.4) is 0 Å². The first-order valence-electron chi connectivity index (χ1n) is 9.91. The summed E-state index contributed by atoms with van der Waals surface area (Å²) >= 11 is 6.10. The summed E-state index contributed by atoms with van der Waals surface area (Å²) in [7, 11) is -3.72. The fourth-order valence-electron chi connectivity index (χ4n) is 3.68. The molecule has 0 bridgehead atoms. The van der Waals surface area contributed by atoms with Gasteiger partial charge in [-0.2, -0.15) is 4.31 Å². The SMILES string of the molecule is O=C(NC1CC1)[C@@H](c1ccc(F)cc1)N1CCN(S(=O)(=O)c2ccccc2Cl)CC1. The average molecular weight is 452 g/mol. The molecule has 1 aliphatic heterocycles. The first-order valence-corrected chi connectivity index (χ1v) is 11.7. The Morgan fingerprint density at radius 2 is 1.67 bits per heavy atom. The number of carbonyl (C=O) groups is 1. The van der Waals surface area contributed by atoms with E-state index in [1.165, 1.54) is 22.5 Å². The number of benzene rings is 2. The van der Waals surface area contributed by atoms with Crippen molar-refractivity contribution in [1.29, 1.82) is 0 Å². The number of rotatable bonds is 6. The van der Waals surface area contributed by atoms with Crippen LogP contribution >= 0.6 is 11.6 Å². The molecule has 2 aromatic carbocycles. The van der Waals surface area contributed by atoms with Crippen molar-refractivity contribution in [2.45, 2.75) is 29.8 Å². The van der Waals surface area contributed by atoms with Crippen LogP contribution in [0.5, 0.6) is 0 Å². The van der Waals surface area contributed by atoms with Gasteiger partial charge >= 0.3 is 0 Å². The normalized spacial score (nSPS) is 19.4. The predicted octanol–water partition coefficient (Wildman–Crippen LogP) is 2.81. The van der Waals surface area contributed by atoms with Crippen LogP contribution in [0.25, 0.3) is 0 Å². The van der Waals surface area contributed by atoms with Gasteiger partial charge in [-0.25, -0.2) is 12.8 Å². The Labute approximate surface area is 180 Å². The third-order valence-electron chi connectivity index (χ3n) is 5.45. The standard InChI is InChI=1S/C21H23ClFN3O3S/c22-18-3-1-2-4-19(18)30(28,29)26-13-11-25(12-14-26)20(21(27)24-17-9-10-17)15-5-7-16(23)8-6-15/h1-8,17,20H,9-14H2,(H,24,27)/t20-/m1/s1. The van der Waals surface area contributed by atoms with Gasteiger partial charge in [0.2, 0.25) is 15.9 Å². The number of amides is 1. The van der Waals surface area contributed by atoms with E-state index in [2.05, 4.69) is 5.32 Å². The van der Waals surface area contributed by atoms with E-state index >= 15 is 0 Å². The highest BCUT2D eigenvalue weighted by atomic mass is 35.5. The van der Waals surface area contributed by atoms with Crippen molar-refractivity contribution < 1.29 is 17.6 Å². The Morgan fingerprint density at radius 3 is 2.27 bits per heavy atom. The maximum atomic E-state index is 13.4. The smallest absolute Gasteiger partial charge is 0.244 e. The van der Waals surface area contributed by atoms with E-state index in [9.17, 15) is 17.6 Å². The molecule has 1 atom stereocenters. The summed E-state index contributed by atoms with van der Waals surface area (Å²) in [6.07, 6.45) is 1.93. The molecule has 0 spiro atoms. The summed E-state index contributed by atoms with van der Waals surface area (Å²) in [5, 5.41) is 3.20. The lowest BCUT2D eigenvalue weighted by Gasteiger charge is -2.38. The Hall–Kier alpha value is -2.00. The summed E-state index contributed by atoms with van der Waals surface area (Å²) < 4.78 is 40.7. The molecule has 6 nitrogen and oxygen atoms in total. The fraction of sp³-hybridized carbons (Fsp3) is 0.381. The molecule has 2 aromatic rings. The number of hydrogen-bond acceptors (Lipinski definition) is 4. The maximum Gasteiger partial charge on any atom is 0.244 e. The quantitative estimate of drug-likeness (QED) is 0.733. The van der Waals surface area contributed by atoms with Crippen LogP contribution in [0.4, 0.5) is 4.39 Å². The van der Waals surface area contributed by atoms with Gasteiger partial charge in [-0.15, -0.1) is 0 Å². The topological polar surface area (TPSA) is 69.7 Å². The second-order valence-electron chi connectivity index (χ2n) is 7.61. The average Bonchev–Trinajstić information content (AvgIpc) is 3.54. The van der Waals surface area contributed by atoms with E-state index in [0.717, 1.165) is 12.8 Å². The summed E-state index contributed by atoms with van der Waals surface area (Å²) in [5.74, 6) is -0.498. The van der Waals surface area contributed by atoms with E-state index < -0.39 is 16.1 Å². The first-order chi connectivity index (χ1) is 14.4. The number of piperazine rings is 1. The zero-order chi connectivity index (χ0) is 21.3. The molecule has 2 fully saturated rings. The van der Waals surface area contributed by atoms with Crippen molar-refractivity contribution in [3.05, 3.63) is 64.9 Å². The second kappa shape index (κ2) is 8.63. The maximum absolute atomic E-state index is 13.4. The summed E-state index contributed by atoms with van der Waals surface area (Å²) in [4.78, 5) is 15.0. The van der Waals surface area contributed by atoms with Gasteiger partial charge in [-0.1, -0.05) is 35.9 Å². The molecule has 9 heteroatoms. The van der Waals surface area contributed by atoms with E-state index in [0.29, 0.717) is 18.7 Å². The van der Waals surface area contributed by atoms with Crippen LogP contribution in [0, 0.1) is 5.82 Å². The van der Waals surface area contributed by atoms with Crippen LogP contribution in [-0.4, -0.2) is 55.8 Å². The molecule has 1 N–H and O–H groups in total. The lowest BCUT2D eigenvalue weighted by molar-refractivity contribution is -0.127. The molecule has 160 valence electrons. The lowest BCUT2D eigenvalue weighted by Crippen LogP contribution is -2.52. The number of sulfonamides is 1. The Morgan fingerprint density at radius 1 is 1.03 bits per heavy atom. The molecular weight excluding hydrogens is 429 g/mol. The number of hydrogen-bond donors (Lipinski definition) is 1. The van der Waals surface area contributed by atoms with Gasteiger partial charge in [0.1, 0.15) is 16.8 Å². The highest BCUT2D eigenvalue weighted by Gasteiger charge is 2.36. The number of nitrogens with zero attached hydrogens (tertiary/aromatic N) is 2. The summed E-state index contributed by atoms with van der Waals surface area (Å²) in [5.41, 5.74) is 0.692. The van der Waals surface area contributed by atoms with Gasteiger partial charge < -0.3 is 5.32 Å². The minimum atomic E-state index is -3.72. The van der Waals surface area contributed by atoms with Crippen molar-refractivity contribution in [3.8, 4) is 0 Å². The molecule has 30 heavy (non-hydrogen) atoms. The van der Waals surface area contributed by atoms with E-state index in [1.807, 2.05) is 4.90 Å². The second-order valence-corrected chi connectivity index (χ2v) is 9.92. The highest BCUT2D eigenvalue weighted by Crippen LogP contribution is 2.29. The van der Waals surface area contributed by atoms with Gasteiger partial charge in [0.05, 0.1) is 5.02 Å². The van der Waals surface area contributed by atoms with E-state index in [4.69, 9.17) is 11.6 Å². The molecule has 0 radical (unpaired) electrons. The van der Waals surface area contributed by atoms with Gasteiger partial charge in [-0.3, -0.25) is 9.69 Å². The van der Waals surface area contributed by atoms with Crippen molar-refractivity contribution in [2.75, 3.05) is 26.2 Å². The molecule has 1 saturated carbocycles. The number of carbonyl (C=O) groups excluding carboxylic acids is 1. The minimum Gasteiger partial charge on any atom is -0.352 e. The minimum absolute atomic E-state index is 0.0849. The first kappa shape index (κ1) is 21.2. The molecule has 1 heterocycles. The molecule has 0 unspecified atom stereocenters. The van der Waals surface area contributed by atoms with Crippen LogP contribution in [0.1, 0.15) is 24.4 Å². The summed E-state index contributed by atoms with van der Waals surface area (Å²) in [6.45, 7) is 1.23. The van der Waals surface area contributed by atoms with E-state index in [1.54, 1.807) is 30.3 Å². The van der Waals surface area contributed by atoms with Crippen molar-refractivity contribution in [2.24, 2.45) is 0 Å². The van der Waals surface area contributed by atoms with Crippen LogP contribution in [0.2, 0.25) is 5.02 Å². The predicted molar refractivity (Wildman–Crippen MR) is 112 cm³/mol. The van der Waals surface area contributed by atoms with Crippen LogP contribution in [0.15, 0.2) is 53.4 Å². The molecule has 1 amide bonds. The van der Waals surface area contributed by atoms with Crippen molar-refractivity contribution in [3.63, 3.8) is 0 Å². The Bertz CT molecular complexity index is 1020. The Kier molecular flexibility index (Phi) is 6.11. The molecule has 1 aliphatic carbocycles.